The fourth-order valence-corrected chi connectivity index (χ4v) is 2.15. The molecule has 1 saturated heterocycles. The molecule has 1 rings (SSSR count). The second-order valence-corrected chi connectivity index (χ2v) is 6.35. The molecule has 1 unspecified atom stereocenters. The number of piperidine rings is 1. The number of carbonyl (C=O) groups excluding carboxylic acids is 2. The molecular formula is C14H26N2O3. The van der Waals surface area contributed by atoms with E-state index in [4.69, 9.17) is 10.5 Å². The van der Waals surface area contributed by atoms with Gasteiger partial charge in [0.2, 0.25) is 5.91 Å². The van der Waals surface area contributed by atoms with Gasteiger partial charge in [-0.05, 0) is 18.3 Å². The lowest BCUT2D eigenvalue weighted by molar-refractivity contribution is -0.149. The molecule has 2 N–H and O–H groups in total. The van der Waals surface area contributed by atoms with E-state index < -0.39 is 0 Å². The van der Waals surface area contributed by atoms with Gasteiger partial charge in [-0.25, -0.2) is 0 Å². The Kier molecular flexibility index (Phi) is 5.35. The molecule has 1 aliphatic rings. The number of ether oxygens (including phenoxy) is 1. The summed E-state index contributed by atoms with van der Waals surface area (Å²) in [5.74, 6) is -0.144. The van der Waals surface area contributed by atoms with Gasteiger partial charge < -0.3 is 15.4 Å². The summed E-state index contributed by atoms with van der Waals surface area (Å²) in [7, 11) is 1.40. The van der Waals surface area contributed by atoms with E-state index in [1.807, 2.05) is 25.7 Å². The summed E-state index contributed by atoms with van der Waals surface area (Å²) in [5.41, 5.74) is 5.96. The first-order valence-electron chi connectivity index (χ1n) is 6.87. The Labute approximate surface area is 115 Å². The van der Waals surface area contributed by atoms with Gasteiger partial charge in [0.05, 0.1) is 13.0 Å². The lowest BCUT2D eigenvalue weighted by atomic mass is 9.85. The molecule has 0 aromatic rings. The number of rotatable bonds is 3. The molecule has 1 aliphatic heterocycles. The van der Waals surface area contributed by atoms with Crippen molar-refractivity contribution in [3.63, 3.8) is 0 Å². The van der Waals surface area contributed by atoms with Crippen LogP contribution >= 0.6 is 0 Å². The minimum Gasteiger partial charge on any atom is -0.469 e. The van der Waals surface area contributed by atoms with Crippen LogP contribution in [-0.4, -0.2) is 43.0 Å². The topological polar surface area (TPSA) is 72.6 Å². The van der Waals surface area contributed by atoms with E-state index in [0.717, 1.165) is 0 Å². The number of likely N-dealkylation sites (tertiary alicyclic amines) is 1. The first-order chi connectivity index (χ1) is 8.75. The normalized spacial score (nSPS) is 19.1. The third kappa shape index (κ3) is 4.49. The minimum atomic E-state index is -0.168. The molecule has 0 saturated carbocycles. The molecule has 1 fully saturated rings. The zero-order chi connectivity index (χ0) is 14.6. The van der Waals surface area contributed by atoms with Gasteiger partial charge in [0.1, 0.15) is 0 Å². The number of hydrogen-bond acceptors (Lipinski definition) is 4. The summed E-state index contributed by atoms with van der Waals surface area (Å²) in [5, 5.41) is 0. The number of nitrogens with zero attached hydrogens (tertiary/aromatic N) is 1. The number of methoxy groups -OCH3 is 1. The van der Waals surface area contributed by atoms with Crippen LogP contribution in [-0.2, 0) is 14.3 Å². The average Bonchev–Trinajstić information content (AvgIpc) is 2.36. The van der Waals surface area contributed by atoms with Crippen molar-refractivity contribution in [2.24, 2.45) is 17.1 Å². The van der Waals surface area contributed by atoms with E-state index in [0.29, 0.717) is 32.4 Å². The van der Waals surface area contributed by atoms with E-state index in [9.17, 15) is 9.59 Å². The average molecular weight is 270 g/mol. The third-order valence-electron chi connectivity index (χ3n) is 3.89. The van der Waals surface area contributed by atoms with Crippen LogP contribution in [0.5, 0.6) is 0 Å². The maximum absolute atomic E-state index is 12.1. The molecule has 0 radical (unpaired) electrons. The van der Waals surface area contributed by atoms with Gasteiger partial charge in [-0.2, -0.15) is 0 Å². The number of hydrogen-bond donors (Lipinski definition) is 1. The Morgan fingerprint density at radius 1 is 1.32 bits per heavy atom. The van der Waals surface area contributed by atoms with E-state index in [-0.39, 0.29) is 29.3 Å². The molecule has 1 heterocycles. The van der Waals surface area contributed by atoms with Crippen molar-refractivity contribution in [1.82, 2.24) is 4.90 Å². The SMILES string of the molecule is COC(=O)C1CCN(C(=O)CC(N)C(C)(C)C)CC1. The molecule has 0 aliphatic carbocycles. The summed E-state index contributed by atoms with van der Waals surface area (Å²) in [6.07, 6.45) is 1.73. The van der Waals surface area contributed by atoms with Crippen LogP contribution in [0.3, 0.4) is 0 Å². The standard InChI is InChI=1S/C14H26N2O3/c1-14(2,3)11(15)9-12(17)16-7-5-10(6-8-16)13(18)19-4/h10-11H,5-9,15H2,1-4H3. The summed E-state index contributed by atoms with van der Waals surface area (Å²) >= 11 is 0. The molecule has 110 valence electrons. The Morgan fingerprint density at radius 2 is 1.84 bits per heavy atom. The number of carbonyl (C=O) groups is 2. The Balaban J connectivity index is 2.43. The van der Waals surface area contributed by atoms with Crippen molar-refractivity contribution in [3.8, 4) is 0 Å². The van der Waals surface area contributed by atoms with Gasteiger partial charge in [-0.15, -0.1) is 0 Å². The Bertz CT molecular complexity index is 328. The molecule has 1 atom stereocenters. The zero-order valence-electron chi connectivity index (χ0n) is 12.4. The molecule has 0 aromatic carbocycles. The highest BCUT2D eigenvalue weighted by atomic mass is 16.5. The summed E-state index contributed by atoms with van der Waals surface area (Å²) in [6.45, 7) is 7.35. The molecule has 0 spiro atoms. The Morgan fingerprint density at radius 3 is 2.26 bits per heavy atom. The molecule has 5 nitrogen and oxygen atoms in total. The van der Waals surface area contributed by atoms with Gasteiger partial charge in [0.15, 0.2) is 0 Å². The second kappa shape index (κ2) is 6.37. The van der Waals surface area contributed by atoms with Gasteiger partial charge >= 0.3 is 5.97 Å². The highest BCUT2D eigenvalue weighted by Gasteiger charge is 2.30. The highest BCUT2D eigenvalue weighted by molar-refractivity contribution is 5.78. The lowest BCUT2D eigenvalue weighted by Gasteiger charge is -2.33. The van der Waals surface area contributed by atoms with Crippen molar-refractivity contribution >= 4 is 11.9 Å². The second-order valence-electron chi connectivity index (χ2n) is 6.35. The van der Waals surface area contributed by atoms with Gasteiger partial charge in [-0.1, -0.05) is 20.8 Å². The van der Waals surface area contributed by atoms with E-state index in [2.05, 4.69) is 0 Å². The molecule has 5 heteroatoms. The quantitative estimate of drug-likeness (QED) is 0.781. The smallest absolute Gasteiger partial charge is 0.308 e. The van der Waals surface area contributed by atoms with Crippen molar-refractivity contribution in [1.29, 1.82) is 0 Å². The third-order valence-corrected chi connectivity index (χ3v) is 3.89. The van der Waals surface area contributed by atoms with Crippen LogP contribution in [0.15, 0.2) is 0 Å². The van der Waals surface area contributed by atoms with E-state index >= 15 is 0 Å². The molecule has 0 bridgehead atoms. The van der Waals surface area contributed by atoms with E-state index in [1.54, 1.807) is 0 Å². The predicted octanol–water partition coefficient (Wildman–Crippen LogP) is 1.16. The number of esters is 1. The van der Waals surface area contributed by atoms with Crippen molar-refractivity contribution in [2.45, 2.75) is 46.1 Å². The monoisotopic (exact) mass is 270 g/mol. The fourth-order valence-electron chi connectivity index (χ4n) is 2.15. The van der Waals surface area contributed by atoms with Crippen LogP contribution in [0.4, 0.5) is 0 Å². The maximum Gasteiger partial charge on any atom is 0.308 e. The predicted molar refractivity (Wildman–Crippen MR) is 73.4 cm³/mol. The Hall–Kier alpha value is -1.10. The van der Waals surface area contributed by atoms with Gasteiger partial charge in [0.25, 0.3) is 0 Å². The van der Waals surface area contributed by atoms with Crippen LogP contribution in [0, 0.1) is 11.3 Å². The minimum absolute atomic E-state index is 0.0645. The number of nitrogens with two attached hydrogens (primary N) is 1. The first-order valence-corrected chi connectivity index (χ1v) is 6.87. The molecule has 19 heavy (non-hydrogen) atoms. The largest absolute Gasteiger partial charge is 0.469 e. The first kappa shape index (κ1) is 16.0. The van der Waals surface area contributed by atoms with Crippen molar-refractivity contribution < 1.29 is 14.3 Å². The zero-order valence-corrected chi connectivity index (χ0v) is 12.4. The lowest BCUT2D eigenvalue weighted by Crippen LogP contribution is -2.45. The molecule has 0 aromatic heterocycles. The van der Waals surface area contributed by atoms with Crippen LogP contribution in [0.25, 0.3) is 0 Å². The van der Waals surface area contributed by atoms with Gasteiger partial charge in [-0.3, -0.25) is 9.59 Å². The molecular weight excluding hydrogens is 244 g/mol. The van der Waals surface area contributed by atoms with Crippen LogP contribution in [0.1, 0.15) is 40.0 Å². The van der Waals surface area contributed by atoms with Crippen LogP contribution < -0.4 is 5.73 Å². The van der Waals surface area contributed by atoms with Gasteiger partial charge in [0, 0.05) is 25.6 Å². The fraction of sp³-hybridized carbons (Fsp3) is 0.857. The maximum atomic E-state index is 12.1. The van der Waals surface area contributed by atoms with E-state index in [1.165, 1.54) is 7.11 Å². The van der Waals surface area contributed by atoms with Crippen molar-refractivity contribution in [3.05, 3.63) is 0 Å². The van der Waals surface area contributed by atoms with Crippen molar-refractivity contribution in [2.75, 3.05) is 20.2 Å². The summed E-state index contributed by atoms with van der Waals surface area (Å²) < 4.78 is 4.73. The summed E-state index contributed by atoms with van der Waals surface area (Å²) in [6, 6.07) is -0.140. The number of amides is 1. The molecule has 1 amide bonds. The van der Waals surface area contributed by atoms with Crippen LogP contribution in [0.2, 0.25) is 0 Å². The highest BCUT2D eigenvalue weighted by Crippen LogP contribution is 2.23. The summed E-state index contributed by atoms with van der Waals surface area (Å²) in [4.78, 5) is 25.3.